The zero-order chi connectivity index (χ0) is 14.9. The highest BCUT2D eigenvalue weighted by Gasteiger charge is 2.56. The van der Waals surface area contributed by atoms with E-state index in [1.807, 2.05) is 0 Å². The van der Waals surface area contributed by atoms with Gasteiger partial charge in [-0.1, -0.05) is 0 Å². The summed E-state index contributed by atoms with van der Waals surface area (Å²) in [4.78, 5) is 0. The molecule has 3 nitrogen and oxygen atoms in total. The lowest BCUT2D eigenvalue weighted by Gasteiger charge is -2.38. The van der Waals surface area contributed by atoms with E-state index < -0.39 is 27.7 Å². The van der Waals surface area contributed by atoms with Gasteiger partial charge in [0.1, 0.15) is 4.75 Å². The summed E-state index contributed by atoms with van der Waals surface area (Å²) < 4.78 is 49.4. The molecule has 1 rings (SSSR count). The molecule has 1 atom stereocenters. The highest BCUT2D eigenvalue weighted by Crippen LogP contribution is 2.51. The summed E-state index contributed by atoms with van der Waals surface area (Å²) in [6.45, 7) is 3.50. The Morgan fingerprint density at radius 3 is 2.16 bits per heavy atom. The monoisotopic (exact) mass is 296 g/mol. The number of hydrogen-bond acceptors (Lipinski definition) is 3. The highest BCUT2D eigenvalue weighted by atomic mass is 32.2. The molecule has 0 bridgehead atoms. The van der Waals surface area contributed by atoms with Crippen LogP contribution in [-0.2, 0) is 11.4 Å². The molecule has 1 saturated carbocycles. The van der Waals surface area contributed by atoms with E-state index in [-0.39, 0.29) is 18.8 Å². The molecule has 0 spiro atoms. The molecule has 1 aliphatic carbocycles. The van der Waals surface area contributed by atoms with E-state index in [4.69, 9.17) is 10.4 Å². The standard InChI is InChI=1S/C12H19F3N2OS/c1-10(2,19(17)18)7-9-3-5-11(8-16,6-4-9)12(13,14)15/h9H,3-7,17H2,1-2H3. The van der Waals surface area contributed by atoms with Crippen molar-refractivity contribution in [2.75, 3.05) is 0 Å². The lowest BCUT2D eigenvalue weighted by Crippen LogP contribution is -2.43. The van der Waals surface area contributed by atoms with Crippen LogP contribution in [0.2, 0.25) is 0 Å². The third-order valence-electron chi connectivity index (χ3n) is 4.04. The van der Waals surface area contributed by atoms with Gasteiger partial charge in [-0.3, -0.25) is 0 Å². The fourth-order valence-electron chi connectivity index (χ4n) is 2.61. The van der Waals surface area contributed by atoms with E-state index in [9.17, 15) is 17.7 Å². The number of nitrogens with zero attached hydrogens (tertiary/aromatic N) is 1. The number of alkyl halides is 3. The molecule has 0 heterocycles. The minimum absolute atomic E-state index is 0.0475. The minimum atomic E-state index is -4.47. The maximum Gasteiger partial charge on any atom is 0.407 e. The molecular formula is C12H19F3N2OS. The summed E-state index contributed by atoms with van der Waals surface area (Å²) in [5.74, 6) is 0.0475. The quantitative estimate of drug-likeness (QED) is 0.813. The molecule has 1 aliphatic rings. The van der Waals surface area contributed by atoms with Crippen molar-refractivity contribution in [1.82, 2.24) is 0 Å². The van der Waals surface area contributed by atoms with Crippen molar-refractivity contribution in [3.05, 3.63) is 0 Å². The number of rotatable bonds is 3. The van der Waals surface area contributed by atoms with E-state index in [0.29, 0.717) is 19.3 Å². The van der Waals surface area contributed by atoms with Gasteiger partial charge in [-0.25, -0.2) is 0 Å². The number of hydrogen-bond donors (Lipinski definition) is 1. The molecule has 0 amide bonds. The minimum Gasteiger partial charge on any atom is -0.598 e. The summed E-state index contributed by atoms with van der Waals surface area (Å²) >= 11 is -1.50. The van der Waals surface area contributed by atoms with Crippen molar-refractivity contribution in [2.24, 2.45) is 16.5 Å². The Labute approximate surface area is 114 Å². The molecule has 0 radical (unpaired) electrons. The van der Waals surface area contributed by atoms with Gasteiger partial charge in [-0.2, -0.15) is 23.6 Å². The number of halogens is 3. The fourth-order valence-corrected chi connectivity index (χ4v) is 3.01. The first-order valence-electron chi connectivity index (χ1n) is 6.18. The molecule has 7 heteroatoms. The predicted octanol–water partition coefficient (Wildman–Crippen LogP) is 3.04. The van der Waals surface area contributed by atoms with E-state index in [1.165, 1.54) is 6.07 Å². The second kappa shape index (κ2) is 5.51. The number of nitriles is 1. The van der Waals surface area contributed by atoms with Gasteiger partial charge in [-0.05, 0) is 45.4 Å². The van der Waals surface area contributed by atoms with Crippen molar-refractivity contribution < 1.29 is 17.7 Å². The highest BCUT2D eigenvalue weighted by molar-refractivity contribution is 7.90. The van der Waals surface area contributed by atoms with Gasteiger partial charge in [0.05, 0.1) is 6.07 Å². The normalized spacial score (nSPS) is 30.7. The average Bonchev–Trinajstić information content (AvgIpc) is 2.28. The van der Waals surface area contributed by atoms with E-state index in [2.05, 4.69) is 0 Å². The summed E-state index contributed by atoms with van der Waals surface area (Å²) in [7, 11) is 0. The molecular weight excluding hydrogens is 277 g/mol. The number of nitrogens with two attached hydrogens (primary N) is 1. The Morgan fingerprint density at radius 2 is 1.84 bits per heavy atom. The Kier molecular flexibility index (Phi) is 4.81. The van der Waals surface area contributed by atoms with Crippen molar-refractivity contribution in [1.29, 1.82) is 5.26 Å². The fraction of sp³-hybridized carbons (Fsp3) is 0.917. The zero-order valence-corrected chi connectivity index (χ0v) is 11.9. The molecule has 19 heavy (non-hydrogen) atoms. The SMILES string of the molecule is CC(C)(CC1CCC(C#N)(C(F)(F)F)CC1)[S+](N)[O-]. The predicted molar refractivity (Wildman–Crippen MR) is 67.1 cm³/mol. The van der Waals surface area contributed by atoms with Gasteiger partial charge in [-0.15, -0.1) is 0 Å². The van der Waals surface area contributed by atoms with Crippen LogP contribution in [0.1, 0.15) is 46.0 Å². The lowest BCUT2D eigenvalue weighted by atomic mass is 9.69. The second-order valence-corrected chi connectivity index (χ2v) is 7.60. The van der Waals surface area contributed by atoms with Crippen LogP contribution in [0.25, 0.3) is 0 Å². The van der Waals surface area contributed by atoms with Crippen LogP contribution in [0, 0.1) is 22.7 Å². The maximum absolute atomic E-state index is 12.9. The summed E-state index contributed by atoms with van der Waals surface area (Å²) in [6.07, 6.45) is -3.65. The van der Waals surface area contributed by atoms with Gasteiger partial charge in [0, 0.05) is 17.8 Å². The van der Waals surface area contributed by atoms with Crippen molar-refractivity contribution in [2.45, 2.75) is 56.9 Å². The Hall–Kier alpha value is -0.450. The van der Waals surface area contributed by atoms with Crippen molar-refractivity contribution >= 4 is 11.4 Å². The summed E-state index contributed by atoms with van der Waals surface area (Å²) in [6, 6.07) is 1.45. The van der Waals surface area contributed by atoms with Crippen molar-refractivity contribution in [3.8, 4) is 6.07 Å². The molecule has 0 aromatic heterocycles. The largest absolute Gasteiger partial charge is 0.598 e. The average molecular weight is 296 g/mol. The third-order valence-corrected chi connectivity index (χ3v) is 5.30. The van der Waals surface area contributed by atoms with Gasteiger partial charge >= 0.3 is 6.18 Å². The molecule has 0 aromatic rings. The Bertz CT molecular complexity index is 355. The lowest BCUT2D eigenvalue weighted by molar-refractivity contribution is -0.214. The first kappa shape index (κ1) is 16.6. The second-order valence-electron chi connectivity index (χ2n) is 5.90. The van der Waals surface area contributed by atoms with Crippen LogP contribution in [0.4, 0.5) is 13.2 Å². The van der Waals surface area contributed by atoms with E-state index in [0.717, 1.165) is 0 Å². The first-order valence-corrected chi connectivity index (χ1v) is 7.40. The van der Waals surface area contributed by atoms with E-state index in [1.54, 1.807) is 13.8 Å². The van der Waals surface area contributed by atoms with Gasteiger partial charge in [0.25, 0.3) is 0 Å². The molecule has 0 aromatic carbocycles. The topological polar surface area (TPSA) is 72.9 Å². The molecule has 0 saturated heterocycles. The van der Waals surface area contributed by atoms with Gasteiger partial charge in [0.2, 0.25) is 0 Å². The Balaban J connectivity index is 2.66. The van der Waals surface area contributed by atoms with Crippen LogP contribution in [0.5, 0.6) is 0 Å². The molecule has 1 fully saturated rings. The molecule has 1 unspecified atom stereocenters. The summed E-state index contributed by atoms with van der Waals surface area (Å²) in [5.41, 5.74) is -2.20. The van der Waals surface area contributed by atoms with E-state index >= 15 is 0 Å². The Morgan fingerprint density at radius 1 is 1.37 bits per heavy atom. The smallest absolute Gasteiger partial charge is 0.407 e. The molecule has 0 aliphatic heterocycles. The molecule has 110 valence electrons. The molecule has 2 N–H and O–H groups in total. The third kappa shape index (κ3) is 3.56. The van der Waals surface area contributed by atoms with Crippen LogP contribution < -0.4 is 5.14 Å². The van der Waals surface area contributed by atoms with Crippen molar-refractivity contribution in [3.63, 3.8) is 0 Å². The van der Waals surface area contributed by atoms with Gasteiger partial charge in [0.15, 0.2) is 5.41 Å². The van der Waals surface area contributed by atoms with Crippen LogP contribution in [-0.4, -0.2) is 15.5 Å². The van der Waals surface area contributed by atoms with Gasteiger partial charge < -0.3 is 4.55 Å². The van der Waals surface area contributed by atoms with Crippen LogP contribution >= 0.6 is 0 Å². The first-order chi connectivity index (χ1) is 8.54. The summed E-state index contributed by atoms with van der Waals surface area (Å²) in [5, 5.41) is 14.2. The van der Waals surface area contributed by atoms with Crippen LogP contribution in [0.3, 0.4) is 0 Å². The maximum atomic E-state index is 12.9. The van der Waals surface area contributed by atoms with Crippen LogP contribution in [0.15, 0.2) is 0 Å². The zero-order valence-electron chi connectivity index (χ0n) is 11.1.